The molecule has 6 heteroatoms. The van der Waals surface area contributed by atoms with Crippen LogP contribution in [-0.4, -0.2) is 17.0 Å². The number of halogens is 1. The molecule has 4 rings (SSSR count). The summed E-state index contributed by atoms with van der Waals surface area (Å²) in [6.07, 6.45) is 1.61. The van der Waals surface area contributed by atoms with Gasteiger partial charge in [-0.05, 0) is 34.1 Å². The Morgan fingerprint density at radius 3 is 1.88 bits per heavy atom. The number of rotatable bonds is 5. The van der Waals surface area contributed by atoms with Gasteiger partial charge >= 0.3 is 5.97 Å². The molecule has 0 unspecified atom stereocenters. The number of nitrogens with one attached hydrogen (secondary N) is 1. The molecular weight excluding hydrogens is 470 g/mol. The van der Waals surface area contributed by atoms with Gasteiger partial charge in [-0.3, -0.25) is 4.79 Å². The molecule has 3 aromatic rings. The van der Waals surface area contributed by atoms with Gasteiger partial charge < -0.3 is 15.2 Å². The summed E-state index contributed by atoms with van der Waals surface area (Å²) in [5, 5.41) is 12.5. The number of hydrogen-bond donors (Lipinski definition) is 2. The summed E-state index contributed by atoms with van der Waals surface area (Å²) >= 11 is 3.51. The molecule has 0 fully saturated rings. The minimum Gasteiger partial charge on any atom is -0.477 e. The number of aliphatic carboxylic acids is 1. The molecule has 2 N–H and O–H groups in total. The lowest BCUT2D eigenvalue weighted by molar-refractivity contribution is -0.133. The van der Waals surface area contributed by atoms with Crippen LogP contribution in [-0.2, 0) is 9.53 Å². The second kappa shape index (κ2) is 9.49. The Bertz CT molecular complexity index is 1250. The van der Waals surface area contributed by atoms with Crippen LogP contribution in [0.4, 0.5) is 0 Å². The number of carbonyl (C=O) groups is 2. The molecule has 0 atom stereocenters. The molecule has 1 heterocycles. The molecule has 0 saturated heterocycles. The van der Waals surface area contributed by atoms with Crippen LogP contribution in [0.2, 0.25) is 0 Å². The van der Waals surface area contributed by atoms with Crippen LogP contribution < -0.4 is 5.32 Å². The van der Waals surface area contributed by atoms with Gasteiger partial charge in [-0.1, -0.05) is 78.9 Å². The maximum Gasteiger partial charge on any atom is 0.353 e. The highest BCUT2D eigenvalue weighted by Gasteiger charge is 2.27. The zero-order chi connectivity index (χ0) is 22.5. The summed E-state index contributed by atoms with van der Waals surface area (Å²) in [6, 6.07) is 27.2. The molecule has 32 heavy (non-hydrogen) atoms. The average molecular weight is 488 g/mol. The Kier molecular flexibility index (Phi) is 6.33. The number of carbonyl (C=O) groups excluding carboxylic acids is 1. The van der Waals surface area contributed by atoms with Crippen molar-refractivity contribution in [1.29, 1.82) is 0 Å². The van der Waals surface area contributed by atoms with Crippen molar-refractivity contribution in [3.63, 3.8) is 0 Å². The van der Waals surface area contributed by atoms with Gasteiger partial charge in [-0.2, -0.15) is 0 Å². The fourth-order valence-electron chi connectivity index (χ4n) is 3.21. The molecule has 0 spiro atoms. The van der Waals surface area contributed by atoms with E-state index >= 15 is 0 Å². The normalized spacial score (nSPS) is 14.8. The summed E-state index contributed by atoms with van der Waals surface area (Å²) in [4.78, 5) is 24.9. The van der Waals surface area contributed by atoms with Crippen LogP contribution in [0.3, 0.4) is 0 Å². The summed E-state index contributed by atoms with van der Waals surface area (Å²) in [7, 11) is 0. The molecule has 1 aliphatic rings. The molecule has 0 bridgehead atoms. The van der Waals surface area contributed by atoms with Gasteiger partial charge in [-0.15, -0.1) is 0 Å². The van der Waals surface area contributed by atoms with Gasteiger partial charge in [0, 0.05) is 22.3 Å². The molecular formula is C26H18BrNO4. The highest BCUT2D eigenvalue weighted by molar-refractivity contribution is 9.12. The van der Waals surface area contributed by atoms with Crippen molar-refractivity contribution in [3.8, 4) is 0 Å². The molecule has 3 aromatic carbocycles. The number of allylic oxidation sites excluding steroid dienone is 3. The number of hydrogen-bond acceptors (Lipinski definition) is 3. The molecule has 0 saturated carbocycles. The summed E-state index contributed by atoms with van der Waals surface area (Å²) in [5.74, 6) is -0.859. The first-order valence-corrected chi connectivity index (χ1v) is 10.6. The fourth-order valence-corrected chi connectivity index (χ4v) is 3.84. The Morgan fingerprint density at radius 2 is 1.31 bits per heavy atom. The van der Waals surface area contributed by atoms with E-state index in [0.29, 0.717) is 27.1 Å². The van der Waals surface area contributed by atoms with Crippen molar-refractivity contribution >= 4 is 39.3 Å². The minimum absolute atomic E-state index is 0.254. The van der Waals surface area contributed by atoms with Crippen molar-refractivity contribution in [2.24, 2.45) is 0 Å². The summed E-state index contributed by atoms with van der Waals surface area (Å²) in [5.41, 5.74) is 1.94. The van der Waals surface area contributed by atoms with Crippen molar-refractivity contribution in [1.82, 2.24) is 5.32 Å². The molecule has 1 amide bonds. The summed E-state index contributed by atoms with van der Waals surface area (Å²) < 4.78 is 6.60. The van der Waals surface area contributed by atoms with E-state index in [1.54, 1.807) is 36.4 Å². The van der Waals surface area contributed by atoms with E-state index in [0.717, 1.165) is 11.1 Å². The number of carboxylic acids is 1. The predicted octanol–water partition coefficient (Wildman–Crippen LogP) is 5.59. The Morgan fingerprint density at radius 1 is 0.781 bits per heavy atom. The van der Waals surface area contributed by atoms with E-state index in [9.17, 15) is 14.7 Å². The topological polar surface area (TPSA) is 75.6 Å². The van der Waals surface area contributed by atoms with E-state index in [-0.39, 0.29) is 5.70 Å². The van der Waals surface area contributed by atoms with E-state index < -0.39 is 11.9 Å². The van der Waals surface area contributed by atoms with Crippen LogP contribution in [0.25, 0.3) is 11.5 Å². The predicted molar refractivity (Wildman–Crippen MR) is 126 cm³/mol. The van der Waals surface area contributed by atoms with E-state index in [4.69, 9.17) is 4.74 Å². The Balaban J connectivity index is 1.87. The zero-order valence-corrected chi connectivity index (χ0v) is 18.4. The van der Waals surface area contributed by atoms with Crippen LogP contribution in [0.1, 0.15) is 21.5 Å². The first kappa shape index (κ1) is 21.3. The van der Waals surface area contributed by atoms with Gasteiger partial charge in [0.05, 0.1) is 4.48 Å². The van der Waals surface area contributed by atoms with Crippen LogP contribution in [0.15, 0.2) is 113 Å². The first-order chi connectivity index (χ1) is 15.5. The molecule has 0 aliphatic carbocycles. The van der Waals surface area contributed by atoms with Gasteiger partial charge in [0.1, 0.15) is 17.2 Å². The lowest BCUT2D eigenvalue weighted by Crippen LogP contribution is -2.29. The van der Waals surface area contributed by atoms with Gasteiger partial charge in [-0.25, -0.2) is 4.79 Å². The maximum atomic E-state index is 12.7. The van der Waals surface area contributed by atoms with Gasteiger partial charge in [0.15, 0.2) is 0 Å². The number of amides is 1. The van der Waals surface area contributed by atoms with E-state index in [1.165, 1.54) is 0 Å². The Labute approximate surface area is 193 Å². The third kappa shape index (κ3) is 4.55. The zero-order valence-electron chi connectivity index (χ0n) is 16.8. The molecule has 0 aromatic heterocycles. The second-order valence-electron chi connectivity index (χ2n) is 6.90. The van der Waals surface area contributed by atoms with Crippen LogP contribution in [0, 0.1) is 0 Å². The maximum absolute atomic E-state index is 12.7. The fraction of sp³-hybridized carbons (Fsp3) is 0. The number of carboxylic acid groups (broad SMARTS) is 1. The Hall–Kier alpha value is -3.90. The van der Waals surface area contributed by atoms with Gasteiger partial charge in [0.25, 0.3) is 5.91 Å². The van der Waals surface area contributed by atoms with Crippen molar-refractivity contribution in [2.45, 2.75) is 0 Å². The monoisotopic (exact) mass is 487 g/mol. The summed E-state index contributed by atoms with van der Waals surface area (Å²) in [6.45, 7) is 0. The SMILES string of the molecule is O=C(O)C(NC(=O)c1ccccc1)=C1C=C(c2ccccc2)OC(c2ccccc2)=C1Br. The second-order valence-corrected chi connectivity index (χ2v) is 7.69. The largest absolute Gasteiger partial charge is 0.477 e. The highest BCUT2D eigenvalue weighted by Crippen LogP contribution is 2.40. The average Bonchev–Trinajstić information content (AvgIpc) is 2.84. The van der Waals surface area contributed by atoms with E-state index in [1.807, 2.05) is 60.7 Å². The van der Waals surface area contributed by atoms with Crippen molar-refractivity contribution < 1.29 is 19.4 Å². The quantitative estimate of drug-likeness (QED) is 0.460. The van der Waals surface area contributed by atoms with E-state index in [2.05, 4.69) is 21.2 Å². The minimum atomic E-state index is -1.26. The number of ether oxygens (including phenoxy) is 1. The molecule has 5 nitrogen and oxygen atoms in total. The van der Waals surface area contributed by atoms with Crippen molar-refractivity contribution in [2.75, 3.05) is 0 Å². The molecule has 158 valence electrons. The molecule has 1 aliphatic heterocycles. The first-order valence-electron chi connectivity index (χ1n) is 9.79. The third-order valence-electron chi connectivity index (χ3n) is 4.78. The van der Waals surface area contributed by atoms with Crippen molar-refractivity contribution in [3.05, 3.63) is 130 Å². The molecule has 0 radical (unpaired) electrons. The lowest BCUT2D eigenvalue weighted by Gasteiger charge is -2.23. The smallest absolute Gasteiger partial charge is 0.353 e. The lowest BCUT2D eigenvalue weighted by atomic mass is 10.0. The third-order valence-corrected chi connectivity index (χ3v) is 5.56. The highest BCUT2D eigenvalue weighted by atomic mass is 79.9. The van der Waals surface area contributed by atoms with Gasteiger partial charge in [0.2, 0.25) is 0 Å². The number of benzene rings is 3. The van der Waals surface area contributed by atoms with Crippen LogP contribution in [0.5, 0.6) is 0 Å². The standard InChI is InChI=1S/C26H18BrNO4/c27-22-20(23(26(30)31)28-25(29)19-14-8-3-9-15-19)16-21(17-10-4-1-5-11-17)32-24(22)18-12-6-2-7-13-18/h1-16H,(H,28,29)(H,30,31). The van der Waals surface area contributed by atoms with Crippen LogP contribution >= 0.6 is 15.9 Å².